The average molecular weight is 959 g/mol. The van der Waals surface area contributed by atoms with Crippen molar-refractivity contribution < 1.29 is 24.5 Å². The first kappa shape index (κ1) is 66.3. The first-order valence-corrected chi connectivity index (χ1v) is 30.6. The Bertz CT molecular complexity index is 1060. The monoisotopic (exact) mass is 958 g/mol. The quantitative estimate of drug-likeness (QED) is 0.0321. The fraction of sp³-hybridized carbons (Fsp3) is 0.903. The van der Waals surface area contributed by atoms with E-state index in [-0.39, 0.29) is 18.5 Å². The van der Waals surface area contributed by atoms with Crippen LogP contribution in [0.1, 0.15) is 335 Å². The molecule has 0 aliphatic carbocycles. The number of ether oxygens (including phenoxy) is 1. The summed E-state index contributed by atoms with van der Waals surface area (Å²) in [6, 6.07) is -0.538. The van der Waals surface area contributed by atoms with Crippen LogP contribution in [0.2, 0.25) is 0 Å². The van der Waals surface area contributed by atoms with Gasteiger partial charge in [-0.3, -0.25) is 9.59 Å². The highest BCUT2D eigenvalue weighted by Crippen LogP contribution is 2.18. The number of carbonyl (C=O) groups excluding carboxylic acids is 2. The molecule has 0 saturated heterocycles. The zero-order chi connectivity index (χ0) is 49.3. The molecule has 1 amide bonds. The van der Waals surface area contributed by atoms with Crippen LogP contribution in [0.4, 0.5) is 0 Å². The number of rotatable bonds is 57. The highest BCUT2D eigenvalue weighted by Gasteiger charge is 2.20. The summed E-state index contributed by atoms with van der Waals surface area (Å²) in [5, 5.41) is 23.2. The lowest BCUT2D eigenvalue weighted by atomic mass is 10.0. The molecule has 0 heterocycles. The summed E-state index contributed by atoms with van der Waals surface area (Å²) in [6.07, 6.45) is 70.5. The van der Waals surface area contributed by atoms with Crippen molar-refractivity contribution in [2.75, 3.05) is 13.2 Å². The van der Waals surface area contributed by atoms with Crippen molar-refractivity contribution >= 4 is 11.9 Å². The van der Waals surface area contributed by atoms with Crippen LogP contribution >= 0.6 is 0 Å². The second kappa shape index (κ2) is 57.9. The van der Waals surface area contributed by atoms with Gasteiger partial charge in [-0.25, -0.2) is 0 Å². The predicted molar refractivity (Wildman–Crippen MR) is 296 cm³/mol. The van der Waals surface area contributed by atoms with Crippen LogP contribution in [0.25, 0.3) is 0 Å². The standard InChI is InChI=1S/C62H119NO5/c1-3-5-7-9-11-13-15-16-28-32-36-40-44-48-52-56-62(67)68-57-53-49-45-41-37-33-30-27-25-23-21-19-17-18-20-22-24-26-29-31-35-39-43-47-51-55-61(66)63-59(58-64)60(65)54-50-46-42-38-34-14-12-10-8-6-4-2/h11,13,16,28,59-60,64-65H,3-10,12,14-15,17-27,29-58H2,1-2H3,(H,63,66)/b13-11-,28-16-. The molecule has 6 heteroatoms. The number of allylic oxidation sites excluding steroid dienone is 4. The van der Waals surface area contributed by atoms with E-state index >= 15 is 0 Å². The zero-order valence-corrected chi connectivity index (χ0v) is 45.9. The van der Waals surface area contributed by atoms with Crippen molar-refractivity contribution in [1.29, 1.82) is 0 Å². The van der Waals surface area contributed by atoms with Crippen molar-refractivity contribution in [2.45, 2.75) is 347 Å². The molecular formula is C62H119NO5. The van der Waals surface area contributed by atoms with Crippen molar-refractivity contribution in [3.8, 4) is 0 Å². The van der Waals surface area contributed by atoms with Crippen LogP contribution in [0, 0.1) is 0 Å². The number of aliphatic hydroxyl groups is 2. The molecular weight excluding hydrogens is 839 g/mol. The number of unbranched alkanes of at least 4 members (excludes halogenated alkanes) is 42. The molecule has 0 saturated carbocycles. The second-order valence-electron chi connectivity index (χ2n) is 21.0. The van der Waals surface area contributed by atoms with Gasteiger partial charge in [0.05, 0.1) is 25.4 Å². The van der Waals surface area contributed by atoms with Gasteiger partial charge in [-0.1, -0.05) is 289 Å². The van der Waals surface area contributed by atoms with Crippen LogP contribution in [0.5, 0.6) is 0 Å². The molecule has 402 valence electrons. The van der Waals surface area contributed by atoms with Gasteiger partial charge in [0.15, 0.2) is 0 Å². The molecule has 0 aliphatic rings. The molecule has 2 atom stereocenters. The van der Waals surface area contributed by atoms with E-state index in [0.717, 1.165) is 51.4 Å². The Hall–Kier alpha value is -1.66. The summed E-state index contributed by atoms with van der Waals surface area (Å²) >= 11 is 0. The maximum absolute atomic E-state index is 12.4. The van der Waals surface area contributed by atoms with Crippen LogP contribution in [0.3, 0.4) is 0 Å². The molecule has 0 rings (SSSR count). The molecule has 68 heavy (non-hydrogen) atoms. The van der Waals surface area contributed by atoms with Gasteiger partial charge in [0.2, 0.25) is 5.91 Å². The SMILES string of the molecule is CCCCC/C=C\C/C=C\CCCCCCCC(=O)OCCCCCCCCCCCCCCCCCCCCCCCCCCCC(=O)NC(CO)C(O)CCCCCCCCCCCCC. The van der Waals surface area contributed by atoms with E-state index in [2.05, 4.69) is 43.5 Å². The van der Waals surface area contributed by atoms with Crippen molar-refractivity contribution in [2.24, 2.45) is 0 Å². The Morgan fingerprint density at radius 3 is 1.15 bits per heavy atom. The van der Waals surface area contributed by atoms with E-state index in [1.165, 1.54) is 250 Å². The largest absolute Gasteiger partial charge is 0.466 e. The second-order valence-corrected chi connectivity index (χ2v) is 21.0. The number of aliphatic hydroxyl groups excluding tert-OH is 2. The van der Waals surface area contributed by atoms with Crippen LogP contribution < -0.4 is 5.32 Å². The topological polar surface area (TPSA) is 95.9 Å². The molecule has 0 fully saturated rings. The van der Waals surface area contributed by atoms with E-state index in [1.807, 2.05) is 0 Å². The first-order valence-electron chi connectivity index (χ1n) is 30.6. The van der Waals surface area contributed by atoms with Crippen molar-refractivity contribution in [1.82, 2.24) is 5.32 Å². The highest BCUT2D eigenvalue weighted by molar-refractivity contribution is 5.76. The highest BCUT2D eigenvalue weighted by atomic mass is 16.5. The van der Waals surface area contributed by atoms with E-state index in [4.69, 9.17) is 4.74 Å². The molecule has 6 nitrogen and oxygen atoms in total. The number of nitrogens with one attached hydrogen (secondary N) is 1. The smallest absolute Gasteiger partial charge is 0.305 e. The Morgan fingerprint density at radius 2 is 0.735 bits per heavy atom. The van der Waals surface area contributed by atoms with Crippen molar-refractivity contribution in [3.63, 3.8) is 0 Å². The van der Waals surface area contributed by atoms with E-state index < -0.39 is 12.1 Å². The lowest BCUT2D eigenvalue weighted by Gasteiger charge is -2.22. The minimum absolute atomic E-state index is 0.00253. The fourth-order valence-electron chi connectivity index (χ4n) is 9.55. The molecule has 0 aromatic carbocycles. The van der Waals surface area contributed by atoms with Gasteiger partial charge >= 0.3 is 5.97 Å². The van der Waals surface area contributed by atoms with Gasteiger partial charge in [-0.2, -0.15) is 0 Å². The summed E-state index contributed by atoms with van der Waals surface area (Å²) < 4.78 is 5.48. The predicted octanol–water partition coefficient (Wildman–Crippen LogP) is 19.0. The van der Waals surface area contributed by atoms with Crippen LogP contribution in [-0.4, -0.2) is 47.4 Å². The van der Waals surface area contributed by atoms with Crippen LogP contribution in [0.15, 0.2) is 24.3 Å². The van der Waals surface area contributed by atoms with Crippen molar-refractivity contribution in [3.05, 3.63) is 24.3 Å². The van der Waals surface area contributed by atoms with Gasteiger partial charge in [0.25, 0.3) is 0 Å². The molecule has 0 radical (unpaired) electrons. The summed E-state index contributed by atoms with van der Waals surface area (Å²) in [5.41, 5.74) is 0. The Labute approximate surface area is 424 Å². The van der Waals surface area contributed by atoms with Gasteiger partial charge in [0, 0.05) is 12.8 Å². The van der Waals surface area contributed by atoms with E-state index in [9.17, 15) is 19.8 Å². The molecule has 0 bridgehead atoms. The third-order valence-electron chi connectivity index (χ3n) is 14.3. The van der Waals surface area contributed by atoms with Gasteiger partial charge in [-0.05, 0) is 57.8 Å². The average Bonchev–Trinajstić information content (AvgIpc) is 3.34. The Balaban J connectivity index is 3.34. The molecule has 2 unspecified atom stereocenters. The third kappa shape index (κ3) is 53.7. The minimum Gasteiger partial charge on any atom is -0.466 e. The third-order valence-corrected chi connectivity index (χ3v) is 14.3. The summed E-state index contributed by atoms with van der Waals surface area (Å²) in [5.74, 6) is -0.0308. The molecule has 0 aliphatic heterocycles. The number of carbonyl (C=O) groups is 2. The summed E-state index contributed by atoms with van der Waals surface area (Å²) in [4.78, 5) is 24.5. The van der Waals surface area contributed by atoms with Gasteiger partial charge in [0.1, 0.15) is 0 Å². The first-order chi connectivity index (χ1) is 33.5. The maximum Gasteiger partial charge on any atom is 0.305 e. The van der Waals surface area contributed by atoms with Gasteiger partial charge < -0.3 is 20.3 Å². The van der Waals surface area contributed by atoms with E-state index in [0.29, 0.717) is 25.9 Å². The van der Waals surface area contributed by atoms with Crippen LogP contribution in [-0.2, 0) is 14.3 Å². The number of hydrogen-bond donors (Lipinski definition) is 3. The lowest BCUT2D eigenvalue weighted by Crippen LogP contribution is -2.45. The molecule has 0 spiro atoms. The maximum atomic E-state index is 12.4. The summed E-state index contributed by atoms with van der Waals surface area (Å²) in [7, 11) is 0. The van der Waals surface area contributed by atoms with E-state index in [1.54, 1.807) is 0 Å². The molecule has 0 aromatic rings. The Morgan fingerprint density at radius 1 is 0.412 bits per heavy atom. The zero-order valence-electron chi connectivity index (χ0n) is 45.9. The minimum atomic E-state index is -0.661. The normalized spacial score (nSPS) is 12.7. The number of amides is 1. The lowest BCUT2D eigenvalue weighted by molar-refractivity contribution is -0.143. The number of hydrogen-bond acceptors (Lipinski definition) is 5. The fourth-order valence-corrected chi connectivity index (χ4v) is 9.55. The molecule has 3 N–H and O–H groups in total. The van der Waals surface area contributed by atoms with Gasteiger partial charge in [-0.15, -0.1) is 0 Å². The Kier molecular flexibility index (Phi) is 56.5. The number of esters is 1. The summed E-state index contributed by atoms with van der Waals surface area (Å²) in [6.45, 7) is 4.93. The molecule has 0 aromatic heterocycles.